The lowest BCUT2D eigenvalue weighted by atomic mass is 10.0. The average Bonchev–Trinajstić information content (AvgIpc) is 3.27. The molecule has 3 N–H and O–H groups in total. The number of carbonyl (C=O) groups excluding carboxylic acids is 2. The highest BCUT2D eigenvalue weighted by molar-refractivity contribution is 7.12. The van der Waals surface area contributed by atoms with Gasteiger partial charge in [0.25, 0.3) is 11.8 Å². The van der Waals surface area contributed by atoms with Crippen molar-refractivity contribution in [1.82, 2.24) is 15.1 Å². The van der Waals surface area contributed by atoms with E-state index in [1.54, 1.807) is 24.1 Å². The Hall–Kier alpha value is -2.93. The summed E-state index contributed by atoms with van der Waals surface area (Å²) >= 11 is 1.31. The minimum atomic E-state index is -0.445. The number of H-pyrrole nitrogens is 1. The van der Waals surface area contributed by atoms with Crippen molar-refractivity contribution in [3.8, 4) is 11.1 Å². The molecule has 0 aliphatic heterocycles. The Bertz CT molecular complexity index is 968. The summed E-state index contributed by atoms with van der Waals surface area (Å²) in [7, 11) is 1.79. The molecule has 0 bridgehead atoms. The molecule has 0 aliphatic carbocycles. The Morgan fingerprint density at radius 2 is 1.85 bits per heavy atom. The van der Waals surface area contributed by atoms with Crippen molar-refractivity contribution in [3.63, 3.8) is 0 Å². The Kier molecular flexibility index (Phi) is 5.14. The highest BCUT2D eigenvalue weighted by Gasteiger charge is 2.23. The van der Waals surface area contributed by atoms with E-state index in [9.17, 15) is 9.59 Å². The summed E-state index contributed by atoms with van der Waals surface area (Å²) in [5, 5.41) is 9.01. The Balaban J connectivity index is 1.83. The number of aromatic nitrogens is 2. The number of nitrogens with one attached hydrogen (secondary N) is 1. The number of thiophene rings is 1. The van der Waals surface area contributed by atoms with E-state index in [4.69, 9.17) is 5.73 Å². The summed E-state index contributed by atoms with van der Waals surface area (Å²) in [4.78, 5) is 26.7. The zero-order valence-corrected chi connectivity index (χ0v) is 16.6. The van der Waals surface area contributed by atoms with Crippen LogP contribution in [0.25, 0.3) is 11.1 Å². The van der Waals surface area contributed by atoms with Gasteiger partial charge in [0.2, 0.25) is 0 Å². The van der Waals surface area contributed by atoms with Gasteiger partial charge in [-0.1, -0.05) is 12.1 Å². The van der Waals surface area contributed by atoms with Crippen molar-refractivity contribution in [3.05, 3.63) is 63.1 Å². The van der Waals surface area contributed by atoms with Gasteiger partial charge in [-0.2, -0.15) is 5.10 Å². The fourth-order valence-corrected chi connectivity index (χ4v) is 4.04. The highest BCUT2D eigenvalue weighted by Crippen LogP contribution is 2.29. The number of aryl methyl sites for hydroxylation is 2. The van der Waals surface area contributed by atoms with Crippen molar-refractivity contribution in [2.75, 3.05) is 7.05 Å². The quantitative estimate of drug-likeness (QED) is 0.705. The van der Waals surface area contributed by atoms with Crippen molar-refractivity contribution in [2.24, 2.45) is 5.73 Å². The molecule has 2 heterocycles. The number of primary amides is 1. The van der Waals surface area contributed by atoms with Gasteiger partial charge < -0.3 is 10.6 Å². The monoisotopic (exact) mass is 382 g/mol. The van der Waals surface area contributed by atoms with E-state index in [-0.39, 0.29) is 11.9 Å². The highest BCUT2D eigenvalue weighted by atomic mass is 32.1. The average molecular weight is 382 g/mol. The molecular weight excluding hydrogens is 360 g/mol. The van der Waals surface area contributed by atoms with Crippen LogP contribution in [-0.4, -0.2) is 34.0 Å². The first-order valence-corrected chi connectivity index (χ1v) is 9.45. The lowest BCUT2D eigenvalue weighted by Gasteiger charge is -2.25. The standard InChI is InChI=1S/C20H22N4O2S/c1-11-17(12(2)23-22-11)13(3)24(4)20(26)15-7-5-14(6-8-15)16-9-10-27-18(16)19(21)25/h5-10,13H,1-4H3,(H2,21,25)(H,22,23)/t13-/m0/s1. The first-order valence-electron chi connectivity index (χ1n) is 8.57. The number of carbonyl (C=O) groups is 2. The maximum absolute atomic E-state index is 12.9. The summed E-state index contributed by atoms with van der Waals surface area (Å²) < 4.78 is 0. The maximum atomic E-state index is 12.9. The van der Waals surface area contributed by atoms with E-state index in [0.29, 0.717) is 10.4 Å². The summed E-state index contributed by atoms with van der Waals surface area (Å²) in [6.07, 6.45) is 0. The van der Waals surface area contributed by atoms with Crippen LogP contribution in [0, 0.1) is 13.8 Å². The van der Waals surface area contributed by atoms with E-state index in [0.717, 1.165) is 28.1 Å². The minimum absolute atomic E-state index is 0.0745. The molecule has 7 heteroatoms. The molecule has 0 saturated heterocycles. The zero-order valence-electron chi connectivity index (χ0n) is 15.7. The second-order valence-electron chi connectivity index (χ2n) is 6.54. The van der Waals surface area contributed by atoms with Gasteiger partial charge in [0.1, 0.15) is 0 Å². The molecule has 0 fully saturated rings. The fourth-order valence-electron chi connectivity index (χ4n) is 3.27. The summed E-state index contributed by atoms with van der Waals surface area (Å²) in [6.45, 7) is 5.87. The number of hydrogen-bond donors (Lipinski definition) is 2. The maximum Gasteiger partial charge on any atom is 0.259 e. The molecule has 3 rings (SSSR count). The van der Waals surface area contributed by atoms with Crippen LogP contribution in [0.5, 0.6) is 0 Å². The molecule has 1 aromatic carbocycles. The van der Waals surface area contributed by atoms with Crippen LogP contribution >= 0.6 is 11.3 Å². The molecule has 2 amide bonds. The van der Waals surface area contributed by atoms with Gasteiger partial charge in [-0.05, 0) is 49.9 Å². The number of rotatable bonds is 5. The van der Waals surface area contributed by atoms with Gasteiger partial charge in [-0.3, -0.25) is 14.7 Å². The second kappa shape index (κ2) is 7.36. The first-order chi connectivity index (χ1) is 12.8. The van der Waals surface area contributed by atoms with Gasteiger partial charge in [-0.15, -0.1) is 11.3 Å². The van der Waals surface area contributed by atoms with Gasteiger partial charge >= 0.3 is 0 Å². The Labute approximate surface area is 162 Å². The third kappa shape index (κ3) is 3.50. The number of nitrogens with two attached hydrogens (primary N) is 1. The van der Waals surface area contributed by atoms with Gasteiger partial charge in [-0.25, -0.2) is 0 Å². The lowest BCUT2D eigenvalue weighted by molar-refractivity contribution is 0.0742. The van der Waals surface area contributed by atoms with Crippen LogP contribution in [0.2, 0.25) is 0 Å². The fraction of sp³-hybridized carbons (Fsp3) is 0.250. The molecule has 0 spiro atoms. The number of nitrogens with zero attached hydrogens (tertiary/aromatic N) is 2. The van der Waals surface area contributed by atoms with E-state index in [1.807, 2.05) is 44.4 Å². The number of benzene rings is 1. The van der Waals surface area contributed by atoms with Crippen LogP contribution < -0.4 is 5.73 Å². The predicted molar refractivity (Wildman–Crippen MR) is 107 cm³/mol. The molecular formula is C20H22N4O2S. The molecule has 140 valence electrons. The zero-order chi connectivity index (χ0) is 19.7. The van der Waals surface area contributed by atoms with Gasteiger partial charge in [0.05, 0.1) is 16.6 Å². The van der Waals surface area contributed by atoms with Crippen molar-refractivity contribution in [2.45, 2.75) is 26.8 Å². The molecule has 3 aromatic rings. The van der Waals surface area contributed by atoms with Crippen molar-refractivity contribution in [1.29, 1.82) is 0 Å². The van der Waals surface area contributed by atoms with Gasteiger partial charge in [0.15, 0.2) is 0 Å². The number of hydrogen-bond acceptors (Lipinski definition) is 4. The molecule has 0 radical (unpaired) electrons. The van der Waals surface area contributed by atoms with Crippen LogP contribution in [0.4, 0.5) is 0 Å². The predicted octanol–water partition coefficient (Wildman–Crippen LogP) is 3.69. The molecule has 1 atom stereocenters. The Morgan fingerprint density at radius 3 is 2.41 bits per heavy atom. The van der Waals surface area contributed by atoms with Crippen LogP contribution in [-0.2, 0) is 0 Å². The largest absolute Gasteiger partial charge is 0.365 e. The summed E-state index contributed by atoms with van der Waals surface area (Å²) in [5.74, 6) is -0.519. The van der Waals surface area contributed by atoms with E-state index in [1.165, 1.54) is 11.3 Å². The van der Waals surface area contributed by atoms with Crippen molar-refractivity contribution >= 4 is 23.2 Å². The SMILES string of the molecule is Cc1n[nH]c(C)c1[C@H](C)N(C)C(=O)c1ccc(-c2ccsc2C(N)=O)cc1. The van der Waals surface area contributed by atoms with Crippen LogP contribution in [0.1, 0.15) is 49.9 Å². The lowest BCUT2D eigenvalue weighted by Crippen LogP contribution is -2.30. The molecule has 0 unspecified atom stereocenters. The van der Waals surface area contributed by atoms with Crippen molar-refractivity contribution < 1.29 is 9.59 Å². The minimum Gasteiger partial charge on any atom is -0.365 e. The molecule has 0 aliphatic rings. The Morgan fingerprint density at radius 1 is 1.19 bits per heavy atom. The summed E-state index contributed by atoms with van der Waals surface area (Å²) in [5.41, 5.74) is 10.6. The molecule has 2 aromatic heterocycles. The topological polar surface area (TPSA) is 92.1 Å². The third-order valence-corrected chi connectivity index (χ3v) is 5.77. The smallest absolute Gasteiger partial charge is 0.259 e. The van der Waals surface area contributed by atoms with E-state index < -0.39 is 5.91 Å². The van der Waals surface area contributed by atoms with Crippen LogP contribution in [0.3, 0.4) is 0 Å². The molecule has 0 saturated carbocycles. The normalized spacial score (nSPS) is 12.0. The van der Waals surface area contributed by atoms with E-state index in [2.05, 4.69) is 10.2 Å². The number of amides is 2. The molecule has 6 nitrogen and oxygen atoms in total. The number of aromatic amines is 1. The molecule has 27 heavy (non-hydrogen) atoms. The first kappa shape index (κ1) is 18.8. The van der Waals surface area contributed by atoms with E-state index >= 15 is 0 Å². The third-order valence-electron chi connectivity index (χ3n) is 4.84. The van der Waals surface area contributed by atoms with Crippen LogP contribution in [0.15, 0.2) is 35.7 Å². The second-order valence-corrected chi connectivity index (χ2v) is 7.46. The summed E-state index contributed by atoms with van der Waals surface area (Å²) in [6, 6.07) is 8.99. The van der Waals surface area contributed by atoms with Gasteiger partial charge in [0, 0.05) is 29.4 Å².